The van der Waals surface area contributed by atoms with Crippen LogP contribution < -0.4 is 20.1 Å². The van der Waals surface area contributed by atoms with Gasteiger partial charge in [0.15, 0.2) is 11.5 Å². The van der Waals surface area contributed by atoms with Gasteiger partial charge < -0.3 is 20.1 Å². The topological polar surface area (TPSA) is 97.0 Å². The van der Waals surface area contributed by atoms with E-state index in [0.29, 0.717) is 22.7 Å². The van der Waals surface area contributed by atoms with Crippen LogP contribution in [-0.2, 0) is 15.1 Å². The molecule has 1 saturated heterocycles. The third kappa shape index (κ3) is 3.37. The molecule has 0 aliphatic carbocycles. The van der Waals surface area contributed by atoms with Gasteiger partial charge in [0.2, 0.25) is 12.7 Å². The third-order valence-corrected chi connectivity index (χ3v) is 5.03. The molecule has 2 aliphatic rings. The first kappa shape index (κ1) is 18.8. The zero-order valence-electron chi connectivity index (χ0n) is 16.4. The summed E-state index contributed by atoms with van der Waals surface area (Å²) in [4.78, 5) is 38.9. The number of hydrogen-bond acceptors (Lipinski definition) is 5. The fourth-order valence-electron chi connectivity index (χ4n) is 3.63. The van der Waals surface area contributed by atoms with Crippen LogP contribution in [0, 0.1) is 13.8 Å². The highest BCUT2D eigenvalue weighted by molar-refractivity contribution is 6.10. The second kappa shape index (κ2) is 6.80. The number of benzene rings is 2. The average molecular weight is 395 g/mol. The Bertz CT molecular complexity index is 1010. The molecule has 0 saturated carbocycles. The molecular formula is C21H21N3O5. The zero-order chi connectivity index (χ0) is 20.8. The predicted molar refractivity (Wildman–Crippen MR) is 105 cm³/mol. The fourth-order valence-corrected chi connectivity index (χ4v) is 3.63. The summed E-state index contributed by atoms with van der Waals surface area (Å²) < 4.78 is 10.6. The number of rotatable bonds is 4. The summed E-state index contributed by atoms with van der Waals surface area (Å²) in [5.41, 5.74) is 1.89. The van der Waals surface area contributed by atoms with Crippen LogP contribution in [-0.4, -0.2) is 36.1 Å². The third-order valence-electron chi connectivity index (χ3n) is 5.03. The van der Waals surface area contributed by atoms with E-state index >= 15 is 0 Å². The molecule has 0 aromatic heterocycles. The number of ether oxygens (including phenoxy) is 2. The first-order chi connectivity index (χ1) is 13.8. The van der Waals surface area contributed by atoms with Crippen LogP contribution in [0.25, 0.3) is 0 Å². The molecule has 8 heteroatoms. The van der Waals surface area contributed by atoms with Crippen LogP contribution in [0.1, 0.15) is 23.6 Å². The summed E-state index contributed by atoms with van der Waals surface area (Å²) in [5, 5.41) is 5.43. The van der Waals surface area contributed by atoms with Gasteiger partial charge in [0.1, 0.15) is 12.1 Å². The Hall–Kier alpha value is -3.55. The molecule has 0 unspecified atom stereocenters. The number of nitrogens with zero attached hydrogens (tertiary/aromatic N) is 1. The second-order valence-electron chi connectivity index (χ2n) is 7.44. The van der Waals surface area contributed by atoms with E-state index < -0.39 is 23.4 Å². The highest BCUT2D eigenvalue weighted by atomic mass is 16.7. The van der Waals surface area contributed by atoms with Crippen LogP contribution >= 0.6 is 0 Å². The first-order valence-corrected chi connectivity index (χ1v) is 9.19. The molecule has 2 heterocycles. The van der Waals surface area contributed by atoms with Crippen molar-refractivity contribution in [3.63, 3.8) is 0 Å². The molecule has 1 fully saturated rings. The van der Waals surface area contributed by atoms with Gasteiger partial charge in [0.05, 0.1) is 0 Å². The minimum absolute atomic E-state index is 0.112. The summed E-state index contributed by atoms with van der Waals surface area (Å²) in [6.07, 6.45) is 0. The number of imide groups is 1. The van der Waals surface area contributed by atoms with Crippen molar-refractivity contribution in [2.24, 2.45) is 0 Å². The molecule has 2 N–H and O–H groups in total. The van der Waals surface area contributed by atoms with Gasteiger partial charge in [-0.1, -0.05) is 12.1 Å². The van der Waals surface area contributed by atoms with Gasteiger partial charge in [-0.05, 0) is 61.7 Å². The van der Waals surface area contributed by atoms with Crippen LogP contribution in [0.3, 0.4) is 0 Å². The smallest absolute Gasteiger partial charge is 0.325 e. The van der Waals surface area contributed by atoms with Crippen LogP contribution in [0.4, 0.5) is 10.5 Å². The SMILES string of the molecule is Cc1cc(C)cc(NC(=O)CN2C(=O)N[C@](C)(c3ccc4c(c3)OCO4)C2=O)c1. The Morgan fingerprint density at radius 1 is 1.10 bits per heavy atom. The van der Waals surface area contributed by atoms with Crippen LogP contribution in [0.2, 0.25) is 0 Å². The Balaban J connectivity index is 1.51. The molecule has 0 bridgehead atoms. The van der Waals surface area contributed by atoms with Crippen molar-refractivity contribution >= 4 is 23.5 Å². The lowest BCUT2D eigenvalue weighted by Crippen LogP contribution is -2.42. The molecular weight excluding hydrogens is 374 g/mol. The standard InChI is InChI=1S/C21H21N3O5/c1-12-6-13(2)8-15(7-12)22-18(25)10-24-19(26)21(3,23-20(24)27)14-4-5-16-17(9-14)29-11-28-16/h4-9H,10-11H2,1-3H3,(H,22,25)(H,23,27)/t21-/m1/s1. The molecule has 8 nitrogen and oxygen atoms in total. The molecule has 150 valence electrons. The van der Waals surface area contributed by atoms with E-state index in [0.717, 1.165) is 16.0 Å². The number of amides is 4. The van der Waals surface area contributed by atoms with Gasteiger partial charge in [-0.25, -0.2) is 4.79 Å². The minimum atomic E-state index is -1.29. The molecule has 2 aliphatic heterocycles. The number of carbonyl (C=O) groups is 3. The van der Waals surface area contributed by atoms with Crippen LogP contribution in [0.15, 0.2) is 36.4 Å². The van der Waals surface area contributed by atoms with Gasteiger partial charge in [-0.3, -0.25) is 14.5 Å². The molecule has 0 spiro atoms. The molecule has 29 heavy (non-hydrogen) atoms. The van der Waals surface area contributed by atoms with E-state index in [1.54, 1.807) is 25.1 Å². The number of carbonyl (C=O) groups excluding carboxylic acids is 3. The molecule has 4 rings (SSSR count). The lowest BCUT2D eigenvalue weighted by Gasteiger charge is -2.22. The van der Waals surface area contributed by atoms with Gasteiger partial charge in [0, 0.05) is 5.69 Å². The van der Waals surface area contributed by atoms with Gasteiger partial charge in [0.25, 0.3) is 5.91 Å². The van der Waals surface area contributed by atoms with Gasteiger partial charge >= 0.3 is 6.03 Å². The first-order valence-electron chi connectivity index (χ1n) is 9.19. The lowest BCUT2D eigenvalue weighted by molar-refractivity contribution is -0.133. The minimum Gasteiger partial charge on any atom is -0.454 e. The zero-order valence-corrected chi connectivity index (χ0v) is 16.4. The quantitative estimate of drug-likeness (QED) is 0.775. The molecule has 2 aromatic carbocycles. The van der Waals surface area contributed by atoms with Crippen molar-refractivity contribution < 1.29 is 23.9 Å². The van der Waals surface area contributed by atoms with E-state index in [-0.39, 0.29) is 13.3 Å². The maximum Gasteiger partial charge on any atom is 0.325 e. The largest absolute Gasteiger partial charge is 0.454 e. The molecule has 2 aromatic rings. The van der Waals surface area contributed by atoms with Crippen molar-refractivity contribution in [2.75, 3.05) is 18.7 Å². The highest BCUT2D eigenvalue weighted by Crippen LogP contribution is 2.37. The van der Waals surface area contributed by atoms with E-state index in [1.807, 2.05) is 32.0 Å². The average Bonchev–Trinajstić information content (AvgIpc) is 3.19. The monoisotopic (exact) mass is 395 g/mol. The molecule has 0 radical (unpaired) electrons. The predicted octanol–water partition coefficient (Wildman–Crippen LogP) is 2.44. The number of nitrogens with one attached hydrogen (secondary N) is 2. The summed E-state index contributed by atoms with van der Waals surface area (Å²) in [6.45, 7) is 5.19. The highest BCUT2D eigenvalue weighted by Gasteiger charge is 2.49. The Kier molecular flexibility index (Phi) is 4.41. The Morgan fingerprint density at radius 3 is 2.52 bits per heavy atom. The second-order valence-corrected chi connectivity index (χ2v) is 7.44. The van der Waals surface area contributed by atoms with Crippen molar-refractivity contribution in [1.82, 2.24) is 10.2 Å². The van der Waals surface area contributed by atoms with E-state index in [2.05, 4.69) is 10.6 Å². The molecule has 1 atom stereocenters. The Morgan fingerprint density at radius 2 is 1.79 bits per heavy atom. The number of hydrogen-bond donors (Lipinski definition) is 2. The summed E-state index contributed by atoms with van der Waals surface area (Å²) in [5.74, 6) is 0.140. The van der Waals surface area contributed by atoms with Crippen molar-refractivity contribution in [3.8, 4) is 11.5 Å². The normalized spacial score (nSPS) is 20.0. The van der Waals surface area contributed by atoms with Crippen molar-refractivity contribution in [1.29, 1.82) is 0 Å². The van der Waals surface area contributed by atoms with E-state index in [9.17, 15) is 14.4 Å². The summed E-state index contributed by atoms with van der Waals surface area (Å²) in [7, 11) is 0. The number of urea groups is 1. The van der Waals surface area contributed by atoms with E-state index in [4.69, 9.17) is 9.47 Å². The van der Waals surface area contributed by atoms with Crippen LogP contribution in [0.5, 0.6) is 11.5 Å². The number of anilines is 1. The van der Waals surface area contributed by atoms with Crippen molar-refractivity contribution in [3.05, 3.63) is 53.1 Å². The molecule has 4 amide bonds. The Labute approximate surface area is 167 Å². The van der Waals surface area contributed by atoms with Crippen molar-refractivity contribution in [2.45, 2.75) is 26.3 Å². The maximum absolute atomic E-state index is 13.0. The van der Waals surface area contributed by atoms with E-state index in [1.165, 1.54) is 0 Å². The lowest BCUT2D eigenvalue weighted by atomic mass is 9.91. The number of aryl methyl sites for hydroxylation is 2. The number of fused-ring (bicyclic) bond motifs is 1. The van der Waals surface area contributed by atoms with Gasteiger partial charge in [-0.15, -0.1) is 0 Å². The summed E-state index contributed by atoms with van der Waals surface area (Å²) >= 11 is 0. The van der Waals surface area contributed by atoms with Gasteiger partial charge in [-0.2, -0.15) is 0 Å². The summed E-state index contributed by atoms with van der Waals surface area (Å²) in [6, 6.07) is 10.1. The fraction of sp³-hybridized carbons (Fsp3) is 0.286. The maximum atomic E-state index is 13.0.